The van der Waals surface area contributed by atoms with Gasteiger partial charge in [0, 0.05) is 5.56 Å². The zero-order valence-electron chi connectivity index (χ0n) is 16.6. The lowest BCUT2D eigenvalue weighted by molar-refractivity contribution is 0.102. The van der Waals surface area contributed by atoms with Crippen LogP contribution in [0, 0.1) is 13.8 Å². The SMILES string of the molecule is Cc1ccc(C)c(S(=O)(=O)Oc2ccc(C(=O)Nc3nnc(NS(C)(=O)=O)s3)cc2)c1. The molecule has 13 heteroatoms. The van der Waals surface area contributed by atoms with Crippen LogP contribution in [0.15, 0.2) is 47.4 Å². The molecule has 0 radical (unpaired) electrons. The summed E-state index contributed by atoms with van der Waals surface area (Å²) in [4.78, 5) is 12.4. The van der Waals surface area contributed by atoms with Gasteiger partial charge in [0.1, 0.15) is 10.6 Å². The van der Waals surface area contributed by atoms with E-state index in [1.54, 1.807) is 26.0 Å². The first-order valence-electron chi connectivity index (χ1n) is 8.67. The van der Waals surface area contributed by atoms with Crippen LogP contribution in [-0.2, 0) is 20.1 Å². The molecular formula is C18H18N4O6S3. The molecule has 1 amide bonds. The highest BCUT2D eigenvalue weighted by Gasteiger charge is 2.20. The van der Waals surface area contributed by atoms with Crippen LogP contribution >= 0.6 is 11.3 Å². The zero-order valence-corrected chi connectivity index (χ0v) is 19.1. The maximum atomic E-state index is 12.6. The Bertz CT molecular complexity index is 1330. The van der Waals surface area contributed by atoms with Crippen LogP contribution in [0.3, 0.4) is 0 Å². The fraction of sp³-hybridized carbons (Fsp3) is 0.167. The summed E-state index contributed by atoms with van der Waals surface area (Å²) in [7, 11) is -7.54. The third-order valence-electron chi connectivity index (χ3n) is 3.85. The zero-order chi connectivity index (χ0) is 22.8. The molecule has 0 bridgehead atoms. The molecule has 0 unspecified atom stereocenters. The molecule has 0 saturated heterocycles. The molecule has 164 valence electrons. The molecule has 10 nitrogen and oxygen atoms in total. The van der Waals surface area contributed by atoms with Crippen molar-refractivity contribution in [2.45, 2.75) is 18.7 Å². The van der Waals surface area contributed by atoms with Gasteiger partial charge in [-0.15, -0.1) is 10.2 Å². The largest absolute Gasteiger partial charge is 0.379 e. The third-order valence-corrected chi connectivity index (χ3v) is 6.69. The highest BCUT2D eigenvalue weighted by molar-refractivity contribution is 7.92. The number of nitrogens with zero attached hydrogens (tertiary/aromatic N) is 2. The fourth-order valence-corrected chi connectivity index (χ4v) is 5.17. The summed E-state index contributed by atoms with van der Waals surface area (Å²) in [6.45, 7) is 3.46. The molecule has 1 aromatic heterocycles. The van der Waals surface area contributed by atoms with E-state index in [4.69, 9.17) is 4.18 Å². The number of sulfonamides is 1. The quantitative estimate of drug-likeness (QED) is 0.489. The van der Waals surface area contributed by atoms with Crippen LogP contribution in [0.5, 0.6) is 5.75 Å². The molecule has 2 N–H and O–H groups in total. The van der Waals surface area contributed by atoms with E-state index in [0.717, 1.165) is 23.2 Å². The van der Waals surface area contributed by atoms with E-state index in [1.807, 2.05) is 0 Å². The van der Waals surface area contributed by atoms with Gasteiger partial charge in [-0.25, -0.2) is 8.42 Å². The van der Waals surface area contributed by atoms with Crippen molar-refractivity contribution in [2.24, 2.45) is 0 Å². The van der Waals surface area contributed by atoms with Gasteiger partial charge >= 0.3 is 10.1 Å². The fourth-order valence-electron chi connectivity index (χ4n) is 2.45. The number of aromatic nitrogens is 2. The number of hydrogen-bond donors (Lipinski definition) is 2. The average Bonchev–Trinajstić information content (AvgIpc) is 3.08. The predicted octanol–water partition coefficient (Wildman–Crippen LogP) is 2.55. The minimum Gasteiger partial charge on any atom is -0.379 e. The highest BCUT2D eigenvalue weighted by atomic mass is 32.2. The van der Waals surface area contributed by atoms with Crippen LogP contribution in [0.25, 0.3) is 0 Å². The molecule has 2 aromatic carbocycles. The van der Waals surface area contributed by atoms with E-state index < -0.39 is 26.0 Å². The molecule has 0 atom stereocenters. The molecule has 0 saturated carbocycles. The summed E-state index contributed by atoms with van der Waals surface area (Å²) < 4.78 is 54.9. The summed E-state index contributed by atoms with van der Waals surface area (Å²) in [6, 6.07) is 10.5. The molecular weight excluding hydrogens is 464 g/mol. The summed E-state index contributed by atoms with van der Waals surface area (Å²) in [5.41, 5.74) is 1.55. The van der Waals surface area contributed by atoms with E-state index in [0.29, 0.717) is 5.56 Å². The van der Waals surface area contributed by atoms with Gasteiger partial charge in [0.2, 0.25) is 20.3 Å². The van der Waals surface area contributed by atoms with Crippen LogP contribution in [-0.4, -0.2) is 39.2 Å². The molecule has 0 spiro atoms. The van der Waals surface area contributed by atoms with Crippen molar-refractivity contribution < 1.29 is 25.8 Å². The van der Waals surface area contributed by atoms with Crippen LogP contribution in [0.2, 0.25) is 0 Å². The number of rotatable bonds is 7. The monoisotopic (exact) mass is 482 g/mol. The van der Waals surface area contributed by atoms with Crippen molar-refractivity contribution in [3.63, 3.8) is 0 Å². The Balaban J connectivity index is 1.70. The van der Waals surface area contributed by atoms with E-state index >= 15 is 0 Å². The minimum absolute atomic E-state index is 0.0122. The summed E-state index contributed by atoms with van der Waals surface area (Å²) in [6.07, 6.45) is 0.969. The lowest BCUT2D eigenvalue weighted by Gasteiger charge is -2.10. The third kappa shape index (κ3) is 5.99. The van der Waals surface area contributed by atoms with Gasteiger partial charge in [-0.05, 0) is 55.3 Å². The first kappa shape index (κ1) is 22.7. The average molecular weight is 483 g/mol. The standard InChI is InChI=1S/C18H18N4O6S3/c1-11-4-5-12(2)15(10-11)31(26,27)28-14-8-6-13(7-9-14)16(23)19-17-20-21-18(29-17)22-30(3,24)25/h4-10H,1-3H3,(H,21,22)(H,19,20,23). The summed E-state index contributed by atoms with van der Waals surface area (Å²) in [5, 5.41) is 9.90. The van der Waals surface area contributed by atoms with Gasteiger partial charge in [-0.1, -0.05) is 23.5 Å². The second-order valence-electron chi connectivity index (χ2n) is 6.57. The maximum absolute atomic E-state index is 12.6. The number of nitrogens with one attached hydrogen (secondary N) is 2. The normalized spacial score (nSPS) is 11.7. The number of aryl methyl sites for hydroxylation is 2. The van der Waals surface area contributed by atoms with Crippen molar-refractivity contribution >= 4 is 47.6 Å². The maximum Gasteiger partial charge on any atom is 0.339 e. The lowest BCUT2D eigenvalue weighted by Crippen LogP contribution is -2.13. The van der Waals surface area contributed by atoms with Crippen molar-refractivity contribution in [3.05, 3.63) is 59.2 Å². The predicted molar refractivity (Wildman–Crippen MR) is 117 cm³/mol. The Morgan fingerprint density at radius 1 is 0.968 bits per heavy atom. The molecule has 0 fully saturated rings. The molecule has 0 aliphatic carbocycles. The van der Waals surface area contributed by atoms with E-state index in [2.05, 4.69) is 20.2 Å². The lowest BCUT2D eigenvalue weighted by atomic mass is 10.2. The van der Waals surface area contributed by atoms with Gasteiger partial charge in [-0.3, -0.25) is 14.8 Å². The van der Waals surface area contributed by atoms with Gasteiger partial charge < -0.3 is 4.18 Å². The molecule has 1 heterocycles. The Morgan fingerprint density at radius 2 is 1.61 bits per heavy atom. The van der Waals surface area contributed by atoms with Crippen LogP contribution < -0.4 is 14.2 Å². The van der Waals surface area contributed by atoms with Crippen molar-refractivity contribution in [2.75, 3.05) is 16.3 Å². The van der Waals surface area contributed by atoms with Gasteiger partial charge in [0.15, 0.2) is 0 Å². The first-order chi connectivity index (χ1) is 14.4. The summed E-state index contributed by atoms with van der Waals surface area (Å²) in [5.74, 6) is -0.487. The smallest absolute Gasteiger partial charge is 0.339 e. The number of anilines is 2. The Kier molecular flexibility index (Phi) is 6.29. The van der Waals surface area contributed by atoms with E-state index in [-0.39, 0.29) is 26.5 Å². The number of hydrogen-bond acceptors (Lipinski definition) is 9. The van der Waals surface area contributed by atoms with E-state index in [1.165, 1.54) is 30.3 Å². The minimum atomic E-state index is -4.03. The number of benzene rings is 2. The molecule has 0 aliphatic rings. The number of carbonyl (C=O) groups excluding carboxylic acids is 1. The highest BCUT2D eigenvalue weighted by Crippen LogP contribution is 2.24. The Morgan fingerprint density at radius 3 is 2.26 bits per heavy atom. The second kappa shape index (κ2) is 8.61. The molecule has 3 aromatic rings. The van der Waals surface area contributed by atoms with Gasteiger partial charge in [-0.2, -0.15) is 8.42 Å². The van der Waals surface area contributed by atoms with Crippen LogP contribution in [0.4, 0.5) is 10.3 Å². The first-order valence-corrected chi connectivity index (χ1v) is 12.8. The molecule has 3 rings (SSSR count). The van der Waals surface area contributed by atoms with Crippen molar-refractivity contribution in [3.8, 4) is 5.75 Å². The topological polar surface area (TPSA) is 144 Å². The summed E-state index contributed by atoms with van der Waals surface area (Å²) >= 11 is 0.845. The van der Waals surface area contributed by atoms with Gasteiger partial charge in [0.05, 0.1) is 6.26 Å². The van der Waals surface area contributed by atoms with Crippen molar-refractivity contribution in [1.29, 1.82) is 0 Å². The van der Waals surface area contributed by atoms with Gasteiger partial charge in [0.25, 0.3) is 5.91 Å². The molecule has 0 aliphatic heterocycles. The Labute approximate surface area is 183 Å². The second-order valence-corrected chi connectivity index (χ2v) is 10.8. The number of amides is 1. The van der Waals surface area contributed by atoms with Crippen LogP contribution in [0.1, 0.15) is 21.5 Å². The number of carbonyl (C=O) groups is 1. The van der Waals surface area contributed by atoms with Crippen molar-refractivity contribution in [1.82, 2.24) is 10.2 Å². The molecule has 31 heavy (non-hydrogen) atoms. The Hall–Kier alpha value is -3.03. The van der Waals surface area contributed by atoms with E-state index in [9.17, 15) is 21.6 Å².